The van der Waals surface area contributed by atoms with Crippen LogP contribution in [0.4, 0.5) is 0 Å². The fourth-order valence-corrected chi connectivity index (χ4v) is 1.92. The van der Waals surface area contributed by atoms with Crippen molar-refractivity contribution in [3.05, 3.63) is 35.5 Å². The fraction of sp³-hybridized carbons (Fsp3) is 0.533. The van der Waals surface area contributed by atoms with Crippen molar-refractivity contribution in [2.75, 3.05) is 0 Å². The highest BCUT2D eigenvalue weighted by atomic mass is 16.1. The van der Waals surface area contributed by atoms with Crippen LogP contribution in [0.1, 0.15) is 46.5 Å². The van der Waals surface area contributed by atoms with Gasteiger partial charge in [-0.1, -0.05) is 29.9 Å². The monoisotopic (exact) mass is 218 g/mol. The molecule has 16 heavy (non-hydrogen) atoms. The van der Waals surface area contributed by atoms with E-state index in [1.165, 1.54) is 5.57 Å². The van der Waals surface area contributed by atoms with Crippen molar-refractivity contribution in [2.24, 2.45) is 5.92 Å². The average Bonchev–Trinajstić information content (AvgIpc) is 2.22. The van der Waals surface area contributed by atoms with Crippen molar-refractivity contribution in [1.82, 2.24) is 0 Å². The predicted octanol–water partition coefficient (Wildman–Crippen LogP) is 4.21. The van der Waals surface area contributed by atoms with E-state index >= 15 is 0 Å². The fourth-order valence-electron chi connectivity index (χ4n) is 1.92. The molecule has 0 bridgehead atoms. The normalized spacial score (nSPS) is 29.9. The number of carbonyl (C=O) groups excluding carboxylic acids is 1. The Morgan fingerprint density at radius 3 is 2.69 bits per heavy atom. The molecule has 0 amide bonds. The topological polar surface area (TPSA) is 17.1 Å². The van der Waals surface area contributed by atoms with Crippen LogP contribution < -0.4 is 0 Å². The van der Waals surface area contributed by atoms with E-state index < -0.39 is 0 Å². The van der Waals surface area contributed by atoms with Gasteiger partial charge in [0, 0.05) is 6.42 Å². The van der Waals surface area contributed by atoms with Crippen LogP contribution in [0.25, 0.3) is 0 Å². The van der Waals surface area contributed by atoms with Gasteiger partial charge < -0.3 is 0 Å². The number of ketones is 1. The summed E-state index contributed by atoms with van der Waals surface area (Å²) < 4.78 is 0. The smallest absolute Gasteiger partial charge is 0.158 e. The first kappa shape index (κ1) is 13.0. The zero-order chi connectivity index (χ0) is 12.1. The third kappa shape index (κ3) is 3.80. The maximum absolute atomic E-state index is 11.9. The van der Waals surface area contributed by atoms with Crippen molar-refractivity contribution < 1.29 is 4.79 Å². The molecule has 0 heterocycles. The molecule has 1 heteroatoms. The van der Waals surface area contributed by atoms with Crippen molar-refractivity contribution in [3.8, 4) is 0 Å². The molecule has 1 atom stereocenters. The van der Waals surface area contributed by atoms with Crippen LogP contribution in [0.15, 0.2) is 35.5 Å². The lowest BCUT2D eigenvalue weighted by molar-refractivity contribution is -0.116. The highest BCUT2D eigenvalue weighted by molar-refractivity contribution is 5.95. The summed E-state index contributed by atoms with van der Waals surface area (Å²) in [6.45, 7) is 10.1. The summed E-state index contributed by atoms with van der Waals surface area (Å²) in [6, 6.07) is 0. The number of Topliss-reactive ketones (excluding diaryl/α,β-unsaturated/α-hetero) is 1. The van der Waals surface area contributed by atoms with E-state index in [1.807, 2.05) is 13.8 Å². The highest BCUT2D eigenvalue weighted by Crippen LogP contribution is 2.23. The van der Waals surface area contributed by atoms with E-state index in [4.69, 9.17) is 0 Å². The Morgan fingerprint density at radius 2 is 2.06 bits per heavy atom. The minimum atomic E-state index is 0.279. The average molecular weight is 218 g/mol. The maximum atomic E-state index is 11.9. The Morgan fingerprint density at radius 1 is 1.38 bits per heavy atom. The zero-order valence-corrected chi connectivity index (χ0v) is 10.7. The van der Waals surface area contributed by atoms with Crippen LogP contribution in [0.2, 0.25) is 0 Å². The Bertz CT molecular complexity index is 344. The first-order valence-corrected chi connectivity index (χ1v) is 6.01. The lowest BCUT2D eigenvalue weighted by Crippen LogP contribution is -2.10. The standard InChI is InChI=1S/C15H22O/c1-11(2)14-9-8-12(3)6-5-7-13(4)15(16)10-14/h7-8,14H,1,5-6,9-10H2,2-4H3/b12-8-,13-7-/t14-/m1/s1. The van der Waals surface area contributed by atoms with Gasteiger partial charge in [-0.25, -0.2) is 0 Å². The van der Waals surface area contributed by atoms with Crippen LogP contribution in [0.3, 0.4) is 0 Å². The van der Waals surface area contributed by atoms with Gasteiger partial charge in [0.25, 0.3) is 0 Å². The first-order chi connectivity index (χ1) is 7.50. The SMILES string of the molecule is C=C(C)[C@@H]1C/C=C(/C)CC/C=C(/C)C(=O)C1. The molecule has 1 aliphatic rings. The van der Waals surface area contributed by atoms with Gasteiger partial charge in [0.15, 0.2) is 5.78 Å². The second kappa shape index (κ2) is 5.83. The van der Waals surface area contributed by atoms with Gasteiger partial charge in [-0.05, 0) is 51.5 Å². The van der Waals surface area contributed by atoms with E-state index in [2.05, 4.69) is 25.7 Å². The summed E-state index contributed by atoms with van der Waals surface area (Å²) in [6.07, 6.45) is 7.95. The van der Waals surface area contributed by atoms with Gasteiger partial charge in [-0.3, -0.25) is 4.79 Å². The van der Waals surface area contributed by atoms with Crippen LogP contribution in [-0.2, 0) is 4.79 Å². The van der Waals surface area contributed by atoms with E-state index in [0.29, 0.717) is 12.3 Å². The number of carbonyl (C=O) groups is 1. The lowest BCUT2D eigenvalue weighted by Gasteiger charge is -2.16. The molecule has 0 saturated carbocycles. The second-order valence-electron chi connectivity index (χ2n) is 4.88. The number of allylic oxidation sites excluding steroid dienone is 5. The quantitative estimate of drug-likeness (QED) is 0.602. The summed E-state index contributed by atoms with van der Waals surface area (Å²) in [5.41, 5.74) is 3.45. The Labute approximate surface area is 98.9 Å². The Hall–Kier alpha value is -1.11. The molecule has 0 unspecified atom stereocenters. The van der Waals surface area contributed by atoms with Gasteiger partial charge in [-0.15, -0.1) is 0 Å². The highest BCUT2D eigenvalue weighted by Gasteiger charge is 2.15. The van der Waals surface area contributed by atoms with Crippen molar-refractivity contribution in [3.63, 3.8) is 0 Å². The summed E-state index contributed by atoms with van der Waals surface area (Å²) >= 11 is 0. The lowest BCUT2D eigenvalue weighted by atomic mass is 9.88. The molecule has 1 aliphatic carbocycles. The molecular formula is C15H22O. The Balaban J connectivity index is 2.86. The maximum Gasteiger partial charge on any atom is 0.158 e. The molecule has 0 aromatic rings. The molecule has 0 spiro atoms. The molecule has 0 aliphatic heterocycles. The summed E-state index contributed by atoms with van der Waals surface area (Å²) in [5, 5.41) is 0. The largest absolute Gasteiger partial charge is 0.295 e. The summed E-state index contributed by atoms with van der Waals surface area (Å²) in [4.78, 5) is 11.9. The number of rotatable bonds is 1. The minimum absolute atomic E-state index is 0.279. The third-order valence-corrected chi connectivity index (χ3v) is 3.31. The van der Waals surface area contributed by atoms with E-state index in [0.717, 1.165) is 30.4 Å². The van der Waals surface area contributed by atoms with Crippen LogP contribution in [0.5, 0.6) is 0 Å². The molecule has 88 valence electrons. The van der Waals surface area contributed by atoms with Gasteiger partial charge in [0.1, 0.15) is 0 Å². The second-order valence-corrected chi connectivity index (χ2v) is 4.88. The van der Waals surface area contributed by atoms with Crippen LogP contribution in [-0.4, -0.2) is 5.78 Å². The summed E-state index contributed by atoms with van der Waals surface area (Å²) in [7, 11) is 0. The predicted molar refractivity (Wildman–Crippen MR) is 69.3 cm³/mol. The minimum Gasteiger partial charge on any atom is -0.295 e. The molecule has 1 nitrogen and oxygen atoms in total. The number of hydrogen-bond acceptors (Lipinski definition) is 1. The Kier molecular flexibility index (Phi) is 4.72. The molecular weight excluding hydrogens is 196 g/mol. The van der Waals surface area contributed by atoms with Gasteiger partial charge in [0.05, 0.1) is 0 Å². The van der Waals surface area contributed by atoms with Crippen molar-refractivity contribution in [1.29, 1.82) is 0 Å². The van der Waals surface area contributed by atoms with Crippen molar-refractivity contribution >= 4 is 5.78 Å². The molecule has 0 aromatic heterocycles. The van der Waals surface area contributed by atoms with Gasteiger partial charge in [-0.2, -0.15) is 0 Å². The molecule has 0 fully saturated rings. The molecule has 1 rings (SSSR count). The molecule has 0 saturated heterocycles. The zero-order valence-electron chi connectivity index (χ0n) is 10.7. The van der Waals surface area contributed by atoms with E-state index in [1.54, 1.807) is 0 Å². The third-order valence-electron chi connectivity index (χ3n) is 3.31. The molecule has 0 N–H and O–H groups in total. The molecule has 0 aromatic carbocycles. The number of hydrogen-bond donors (Lipinski definition) is 0. The van der Waals surface area contributed by atoms with Gasteiger partial charge in [0.2, 0.25) is 0 Å². The van der Waals surface area contributed by atoms with Crippen LogP contribution >= 0.6 is 0 Å². The summed E-state index contributed by atoms with van der Waals surface area (Å²) in [5.74, 6) is 0.588. The van der Waals surface area contributed by atoms with Crippen LogP contribution in [0, 0.1) is 5.92 Å². The van der Waals surface area contributed by atoms with E-state index in [-0.39, 0.29) is 5.78 Å². The van der Waals surface area contributed by atoms with Gasteiger partial charge >= 0.3 is 0 Å². The first-order valence-electron chi connectivity index (χ1n) is 6.01. The molecule has 0 radical (unpaired) electrons. The van der Waals surface area contributed by atoms with Crippen molar-refractivity contribution in [2.45, 2.75) is 46.5 Å². The van der Waals surface area contributed by atoms with E-state index in [9.17, 15) is 4.79 Å².